The number of carbonyl (C=O) groups excluding carboxylic acids is 1. The SMILES string of the molecule is CC(C)c1ccc(CCCC(=O)NCC2(O)CCNC2)cc1. The third kappa shape index (κ3) is 5.11. The quantitative estimate of drug-likeness (QED) is 0.722. The van der Waals surface area contributed by atoms with Gasteiger partial charge >= 0.3 is 0 Å². The van der Waals surface area contributed by atoms with E-state index >= 15 is 0 Å². The van der Waals surface area contributed by atoms with E-state index in [1.165, 1.54) is 11.1 Å². The number of aryl methyl sites for hydroxylation is 1. The van der Waals surface area contributed by atoms with Crippen LogP contribution in [-0.4, -0.2) is 36.2 Å². The summed E-state index contributed by atoms with van der Waals surface area (Å²) in [6.45, 7) is 6.11. The van der Waals surface area contributed by atoms with Gasteiger partial charge in [0.15, 0.2) is 0 Å². The van der Waals surface area contributed by atoms with Crippen LogP contribution in [0.15, 0.2) is 24.3 Å². The second-order valence-electron chi connectivity index (χ2n) is 6.68. The molecule has 22 heavy (non-hydrogen) atoms. The smallest absolute Gasteiger partial charge is 0.220 e. The predicted molar refractivity (Wildman–Crippen MR) is 88.9 cm³/mol. The summed E-state index contributed by atoms with van der Waals surface area (Å²) >= 11 is 0. The lowest BCUT2D eigenvalue weighted by Gasteiger charge is -2.21. The Bertz CT molecular complexity index is 476. The van der Waals surface area contributed by atoms with Crippen LogP contribution >= 0.6 is 0 Å². The summed E-state index contributed by atoms with van der Waals surface area (Å²) in [5, 5.41) is 16.1. The Hall–Kier alpha value is -1.39. The number of hydrogen-bond donors (Lipinski definition) is 3. The lowest BCUT2D eigenvalue weighted by molar-refractivity contribution is -0.122. The van der Waals surface area contributed by atoms with Gasteiger partial charge in [0.05, 0.1) is 5.60 Å². The highest BCUT2D eigenvalue weighted by Crippen LogP contribution is 2.16. The lowest BCUT2D eigenvalue weighted by atomic mass is 10.00. The van der Waals surface area contributed by atoms with Crippen LogP contribution in [0.25, 0.3) is 0 Å². The van der Waals surface area contributed by atoms with Crippen molar-refractivity contribution in [3.05, 3.63) is 35.4 Å². The van der Waals surface area contributed by atoms with E-state index < -0.39 is 5.60 Å². The molecule has 0 radical (unpaired) electrons. The normalized spacial score (nSPS) is 21.3. The maximum atomic E-state index is 11.8. The number of aliphatic hydroxyl groups is 1. The van der Waals surface area contributed by atoms with Gasteiger partial charge < -0.3 is 15.7 Å². The summed E-state index contributed by atoms with van der Waals surface area (Å²) in [6, 6.07) is 8.64. The average Bonchev–Trinajstić information content (AvgIpc) is 2.93. The first-order chi connectivity index (χ1) is 10.5. The van der Waals surface area contributed by atoms with Crippen molar-refractivity contribution in [3.8, 4) is 0 Å². The highest BCUT2D eigenvalue weighted by atomic mass is 16.3. The molecule has 1 fully saturated rings. The average molecular weight is 304 g/mol. The minimum atomic E-state index is -0.762. The van der Waals surface area contributed by atoms with Gasteiger partial charge in [-0.05, 0) is 42.9 Å². The van der Waals surface area contributed by atoms with Gasteiger partial charge in [0, 0.05) is 19.5 Å². The maximum Gasteiger partial charge on any atom is 0.220 e. The molecule has 1 saturated heterocycles. The minimum absolute atomic E-state index is 0.0270. The van der Waals surface area contributed by atoms with Gasteiger partial charge in [0.1, 0.15) is 0 Å². The van der Waals surface area contributed by atoms with Gasteiger partial charge in [-0.1, -0.05) is 38.1 Å². The maximum absolute atomic E-state index is 11.8. The number of carbonyl (C=O) groups is 1. The largest absolute Gasteiger partial charge is 0.387 e. The summed E-state index contributed by atoms with van der Waals surface area (Å²) in [4.78, 5) is 11.8. The van der Waals surface area contributed by atoms with Crippen LogP contribution in [0.1, 0.15) is 50.2 Å². The Balaban J connectivity index is 1.66. The van der Waals surface area contributed by atoms with E-state index in [9.17, 15) is 9.90 Å². The number of nitrogens with one attached hydrogen (secondary N) is 2. The van der Waals surface area contributed by atoms with E-state index in [0.29, 0.717) is 31.8 Å². The molecule has 1 aromatic rings. The van der Waals surface area contributed by atoms with Gasteiger partial charge in [0.2, 0.25) is 5.91 Å². The van der Waals surface area contributed by atoms with Crippen molar-refractivity contribution in [3.63, 3.8) is 0 Å². The second-order valence-corrected chi connectivity index (χ2v) is 6.68. The van der Waals surface area contributed by atoms with Gasteiger partial charge in [0.25, 0.3) is 0 Å². The van der Waals surface area contributed by atoms with Crippen molar-refractivity contribution in [2.24, 2.45) is 0 Å². The van der Waals surface area contributed by atoms with Crippen LogP contribution in [0, 0.1) is 0 Å². The number of β-amino-alcohol motifs (C(OH)–C–C–N with tert-alkyl or cyclic N) is 1. The Kier molecular flexibility index (Phi) is 5.98. The standard InChI is InChI=1S/C18H28N2O2/c1-14(2)16-8-6-15(7-9-16)4-3-5-17(21)20-13-18(22)10-11-19-12-18/h6-9,14,19,22H,3-5,10-13H2,1-2H3,(H,20,21). The summed E-state index contributed by atoms with van der Waals surface area (Å²) in [5.41, 5.74) is 1.86. The van der Waals surface area contributed by atoms with Crippen molar-refractivity contribution in [1.29, 1.82) is 0 Å². The number of hydrogen-bond acceptors (Lipinski definition) is 3. The van der Waals surface area contributed by atoms with Crippen LogP contribution < -0.4 is 10.6 Å². The summed E-state index contributed by atoms with van der Waals surface area (Å²) < 4.78 is 0. The molecular formula is C18H28N2O2. The van der Waals surface area contributed by atoms with Crippen molar-refractivity contribution in [2.45, 2.75) is 51.0 Å². The van der Waals surface area contributed by atoms with Crippen LogP contribution in [0.5, 0.6) is 0 Å². The molecule has 4 heteroatoms. The molecule has 3 N–H and O–H groups in total. The molecular weight excluding hydrogens is 276 g/mol. The van der Waals surface area contributed by atoms with Gasteiger partial charge in [-0.25, -0.2) is 0 Å². The Morgan fingerprint density at radius 1 is 1.36 bits per heavy atom. The van der Waals surface area contributed by atoms with Crippen LogP contribution in [0.4, 0.5) is 0 Å². The van der Waals surface area contributed by atoms with E-state index in [4.69, 9.17) is 0 Å². The van der Waals surface area contributed by atoms with Gasteiger partial charge in [-0.3, -0.25) is 4.79 Å². The van der Waals surface area contributed by atoms with Crippen molar-refractivity contribution in [2.75, 3.05) is 19.6 Å². The molecule has 0 aliphatic carbocycles. The minimum Gasteiger partial charge on any atom is -0.387 e. The van der Waals surface area contributed by atoms with Crippen molar-refractivity contribution in [1.82, 2.24) is 10.6 Å². The third-order valence-corrected chi connectivity index (χ3v) is 4.35. The Morgan fingerprint density at radius 2 is 2.09 bits per heavy atom. The molecule has 1 aliphatic heterocycles. The molecule has 0 saturated carbocycles. The van der Waals surface area contributed by atoms with Crippen molar-refractivity contribution < 1.29 is 9.90 Å². The van der Waals surface area contributed by atoms with Gasteiger partial charge in [-0.2, -0.15) is 0 Å². The van der Waals surface area contributed by atoms with Crippen LogP contribution in [0.3, 0.4) is 0 Å². The topological polar surface area (TPSA) is 61.4 Å². The zero-order valence-corrected chi connectivity index (χ0v) is 13.7. The molecule has 1 aliphatic rings. The van der Waals surface area contributed by atoms with E-state index in [1.807, 2.05) is 0 Å². The molecule has 0 spiro atoms. The predicted octanol–water partition coefficient (Wildman–Crippen LogP) is 1.97. The number of amides is 1. The molecule has 2 rings (SSSR count). The zero-order chi connectivity index (χ0) is 16.0. The van der Waals surface area contributed by atoms with E-state index in [0.717, 1.165) is 19.4 Å². The Labute approximate surface area is 133 Å². The fourth-order valence-electron chi connectivity index (χ4n) is 2.76. The first-order valence-corrected chi connectivity index (χ1v) is 8.27. The molecule has 0 aromatic heterocycles. The molecule has 1 unspecified atom stereocenters. The fourth-order valence-corrected chi connectivity index (χ4v) is 2.76. The fraction of sp³-hybridized carbons (Fsp3) is 0.611. The third-order valence-electron chi connectivity index (χ3n) is 4.35. The molecule has 0 bridgehead atoms. The highest BCUT2D eigenvalue weighted by Gasteiger charge is 2.30. The summed E-state index contributed by atoms with van der Waals surface area (Å²) in [7, 11) is 0. The van der Waals surface area contributed by atoms with Gasteiger partial charge in [-0.15, -0.1) is 0 Å². The molecule has 4 nitrogen and oxygen atoms in total. The molecule has 1 heterocycles. The summed E-state index contributed by atoms with van der Waals surface area (Å²) in [5.74, 6) is 0.579. The van der Waals surface area contributed by atoms with E-state index in [2.05, 4.69) is 48.7 Å². The Morgan fingerprint density at radius 3 is 2.68 bits per heavy atom. The zero-order valence-electron chi connectivity index (χ0n) is 13.7. The van der Waals surface area contributed by atoms with Crippen LogP contribution in [-0.2, 0) is 11.2 Å². The first-order valence-electron chi connectivity index (χ1n) is 8.27. The lowest BCUT2D eigenvalue weighted by Crippen LogP contribution is -2.44. The van der Waals surface area contributed by atoms with E-state index in [1.54, 1.807) is 0 Å². The molecule has 122 valence electrons. The molecule has 1 atom stereocenters. The second kappa shape index (κ2) is 7.75. The number of rotatable bonds is 7. The van der Waals surface area contributed by atoms with E-state index in [-0.39, 0.29) is 5.91 Å². The monoisotopic (exact) mass is 304 g/mol. The molecule has 1 amide bonds. The van der Waals surface area contributed by atoms with Crippen LogP contribution in [0.2, 0.25) is 0 Å². The summed E-state index contributed by atoms with van der Waals surface area (Å²) in [6.07, 6.45) is 2.96. The highest BCUT2D eigenvalue weighted by molar-refractivity contribution is 5.75. The first kappa shape index (κ1) is 17.0. The molecule has 1 aromatic carbocycles. The van der Waals surface area contributed by atoms with Crippen molar-refractivity contribution >= 4 is 5.91 Å². The number of benzene rings is 1.